The zero-order valence-corrected chi connectivity index (χ0v) is 12.1. The number of nitrogens with zero attached hydrogens (tertiary/aromatic N) is 1. The second-order valence-corrected chi connectivity index (χ2v) is 5.11. The van der Waals surface area contributed by atoms with Crippen molar-refractivity contribution in [3.63, 3.8) is 0 Å². The Morgan fingerprint density at radius 2 is 2.10 bits per heavy atom. The molecule has 0 spiro atoms. The minimum absolute atomic E-state index is 0.0264. The molecule has 0 radical (unpaired) electrons. The van der Waals surface area contributed by atoms with Crippen LogP contribution in [-0.4, -0.2) is 16.9 Å². The van der Waals surface area contributed by atoms with Crippen LogP contribution < -0.4 is 11.1 Å². The lowest BCUT2D eigenvalue weighted by Crippen LogP contribution is -2.31. The lowest BCUT2D eigenvalue weighted by atomic mass is 10.0. The third-order valence-corrected chi connectivity index (χ3v) is 3.22. The highest BCUT2D eigenvalue weighted by Gasteiger charge is 2.16. The largest absolute Gasteiger partial charge is 0.327 e. The fourth-order valence-corrected chi connectivity index (χ4v) is 1.77. The molecule has 0 bridgehead atoms. The standard InChI is InChI=1S/C14H21N3O3/c1-4-10-5-6-11(7-13(10)17(19)20)16-14(18)8-12(15)9(2)3/h5-7,9,12H,4,8,15H2,1-3H3,(H,16,18). The summed E-state index contributed by atoms with van der Waals surface area (Å²) in [6, 6.07) is 4.50. The monoisotopic (exact) mass is 279 g/mol. The number of aryl methyl sites for hydroxylation is 1. The fraction of sp³-hybridized carbons (Fsp3) is 0.500. The van der Waals surface area contributed by atoms with Crippen molar-refractivity contribution in [3.05, 3.63) is 33.9 Å². The lowest BCUT2D eigenvalue weighted by molar-refractivity contribution is -0.385. The Morgan fingerprint density at radius 3 is 2.60 bits per heavy atom. The van der Waals surface area contributed by atoms with E-state index in [0.29, 0.717) is 17.7 Å². The maximum atomic E-state index is 11.8. The average Bonchev–Trinajstić information content (AvgIpc) is 2.38. The molecular formula is C14H21N3O3. The van der Waals surface area contributed by atoms with Gasteiger partial charge in [0.1, 0.15) is 0 Å². The van der Waals surface area contributed by atoms with E-state index in [2.05, 4.69) is 5.32 Å². The van der Waals surface area contributed by atoms with Crippen molar-refractivity contribution in [1.82, 2.24) is 0 Å². The molecule has 1 rings (SSSR count). The highest BCUT2D eigenvalue weighted by molar-refractivity contribution is 5.91. The van der Waals surface area contributed by atoms with Crippen molar-refractivity contribution in [3.8, 4) is 0 Å². The summed E-state index contributed by atoms with van der Waals surface area (Å²) in [7, 11) is 0. The number of nitrogens with one attached hydrogen (secondary N) is 1. The van der Waals surface area contributed by atoms with Gasteiger partial charge in [-0.3, -0.25) is 14.9 Å². The number of hydrogen-bond acceptors (Lipinski definition) is 4. The molecule has 3 N–H and O–H groups in total. The topological polar surface area (TPSA) is 98.3 Å². The average molecular weight is 279 g/mol. The van der Waals surface area contributed by atoms with Crippen molar-refractivity contribution in [2.24, 2.45) is 11.7 Å². The SMILES string of the molecule is CCc1ccc(NC(=O)CC(N)C(C)C)cc1[N+](=O)[O-]. The van der Waals surface area contributed by atoms with E-state index in [0.717, 1.165) is 0 Å². The molecule has 1 unspecified atom stereocenters. The number of anilines is 1. The first kappa shape index (κ1) is 16.1. The first-order valence-corrected chi connectivity index (χ1v) is 6.67. The predicted molar refractivity (Wildman–Crippen MR) is 78.5 cm³/mol. The van der Waals surface area contributed by atoms with E-state index in [9.17, 15) is 14.9 Å². The second-order valence-electron chi connectivity index (χ2n) is 5.11. The zero-order chi connectivity index (χ0) is 15.3. The Hall–Kier alpha value is -1.95. The van der Waals surface area contributed by atoms with Crippen LogP contribution in [0.1, 0.15) is 32.8 Å². The van der Waals surface area contributed by atoms with Crippen LogP contribution in [0.3, 0.4) is 0 Å². The first-order valence-electron chi connectivity index (χ1n) is 6.67. The van der Waals surface area contributed by atoms with E-state index in [1.54, 1.807) is 12.1 Å². The number of rotatable bonds is 6. The Balaban J connectivity index is 2.80. The zero-order valence-electron chi connectivity index (χ0n) is 12.1. The van der Waals surface area contributed by atoms with Crippen LogP contribution in [0, 0.1) is 16.0 Å². The van der Waals surface area contributed by atoms with E-state index in [1.165, 1.54) is 6.07 Å². The molecule has 1 atom stereocenters. The molecule has 0 aromatic heterocycles. The first-order chi connectivity index (χ1) is 9.35. The van der Waals surface area contributed by atoms with Gasteiger partial charge in [-0.1, -0.05) is 26.8 Å². The summed E-state index contributed by atoms with van der Waals surface area (Å²) in [5.41, 5.74) is 6.92. The molecule has 0 fully saturated rings. The van der Waals surface area contributed by atoms with Gasteiger partial charge in [0, 0.05) is 29.8 Å². The highest BCUT2D eigenvalue weighted by Crippen LogP contribution is 2.23. The number of benzene rings is 1. The predicted octanol–water partition coefficient (Wildman–Crippen LogP) is 2.47. The molecule has 0 aliphatic heterocycles. The molecule has 1 aromatic rings. The van der Waals surface area contributed by atoms with Gasteiger partial charge in [0.05, 0.1) is 4.92 Å². The van der Waals surface area contributed by atoms with Crippen LogP contribution in [0.2, 0.25) is 0 Å². The van der Waals surface area contributed by atoms with Crippen LogP contribution in [0.4, 0.5) is 11.4 Å². The van der Waals surface area contributed by atoms with Crippen molar-refractivity contribution in [2.75, 3.05) is 5.32 Å². The van der Waals surface area contributed by atoms with Gasteiger partial charge in [0.25, 0.3) is 5.69 Å². The summed E-state index contributed by atoms with van der Waals surface area (Å²) >= 11 is 0. The minimum Gasteiger partial charge on any atom is -0.327 e. The van der Waals surface area contributed by atoms with Crippen molar-refractivity contribution in [2.45, 2.75) is 39.7 Å². The molecule has 0 saturated carbocycles. The number of carbonyl (C=O) groups is 1. The summed E-state index contributed by atoms with van der Waals surface area (Å²) < 4.78 is 0. The number of hydrogen-bond donors (Lipinski definition) is 2. The van der Waals surface area contributed by atoms with Gasteiger partial charge in [-0.05, 0) is 18.4 Å². The molecule has 20 heavy (non-hydrogen) atoms. The van der Waals surface area contributed by atoms with Crippen LogP contribution in [-0.2, 0) is 11.2 Å². The molecule has 0 aliphatic rings. The van der Waals surface area contributed by atoms with Crippen molar-refractivity contribution < 1.29 is 9.72 Å². The Labute approximate surface area is 118 Å². The molecule has 1 amide bonds. The number of nitro benzene ring substituents is 1. The van der Waals surface area contributed by atoms with Gasteiger partial charge in [0.15, 0.2) is 0 Å². The van der Waals surface area contributed by atoms with E-state index in [1.807, 2.05) is 20.8 Å². The lowest BCUT2D eigenvalue weighted by Gasteiger charge is -2.15. The van der Waals surface area contributed by atoms with Crippen molar-refractivity contribution in [1.29, 1.82) is 0 Å². The summed E-state index contributed by atoms with van der Waals surface area (Å²) in [6.45, 7) is 5.74. The Morgan fingerprint density at radius 1 is 1.45 bits per heavy atom. The van der Waals surface area contributed by atoms with E-state index in [4.69, 9.17) is 5.73 Å². The third kappa shape index (κ3) is 4.31. The highest BCUT2D eigenvalue weighted by atomic mass is 16.6. The minimum atomic E-state index is -0.436. The third-order valence-electron chi connectivity index (χ3n) is 3.22. The van der Waals surface area contributed by atoms with Crippen molar-refractivity contribution >= 4 is 17.3 Å². The summed E-state index contributed by atoms with van der Waals surface area (Å²) in [4.78, 5) is 22.3. The number of nitro groups is 1. The maximum absolute atomic E-state index is 11.8. The van der Waals surface area contributed by atoms with E-state index >= 15 is 0 Å². The molecule has 6 heteroatoms. The number of carbonyl (C=O) groups excluding carboxylic acids is 1. The quantitative estimate of drug-likeness (QED) is 0.617. The van der Waals surface area contributed by atoms with Crippen LogP contribution in [0.25, 0.3) is 0 Å². The summed E-state index contributed by atoms with van der Waals surface area (Å²) in [5, 5.41) is 13.6. The Bertz CT molecular complexity index is 500. The van der Waals surface area contributed by atoms with Gasteiger partial charge in [-0.2, -0.15) is 0 Å². The molecule has 0 heterocycles. The van der Waals surface area contributed by atoms with Crippen LogP contribution >= 0.6 is 0 Å². The fourth-order valence-electron chi connectivity index (χ4n) is 1.77. The van der Waals surface area contributed by atoms with Crippen LogP contribution in [0.15, 0.2) is 18.2 Å². The van der Waals surface area contributed by atoms with Crippen LogP contribution in [0.5, 0.6) is 0 Å². The Kier molecular flexibility index (Phi) is 5.64. The molecular weight excluding hydrogens is 258 g/mol. The molecule has 6 nitrogen and oxygen atoms in total. The summed E-state index contributed by atoms with van der Waals surface area (Å²) in [6.07, 6.45) is 0.768. The maximum Gasteiger partial charge on any atom is 0.274 e. The van der Waals surface area contributed by atoms with Gasteiger partial charge >= 0.3 is 0 Å². The smallest absolute Gasteiger partial charge is 0.274 e. The normalized spacial score (nSPS) is 12.2. The summed E-state index contributed by atoms with van der Waals surface area (Å²) in [5.74, 6) is -0.0256. The number of amides is 1. The van der Waals surface area contributed by atoms with E-state index < -0.39 is 4.92 Å². The number of nitrogens with two attached hydrogens (primary N) is 1. The van der Waals surface area contributed by atoms with Gasteiger partial charge in [0.2, 0.25) is 5.91 Å². The van der Waals surface area contributed by atoms with E-state index in [-0.39, 0.29) is 30.0 Å². The van der Waals surface area contributed by atoms with Gasteiger partial charge < -0.3 is 11.1 Å². The second kappa shape index (κ2) is 7.00. The van der Waals surface area contributed by atoms with Gasteiger partial charge in [-0.15, -0.1) is 0 Å². The molecule has 110 valence electrons. The molecule has 1 aromatic carbocycles. The van der Waals surface area contributed by atoms with Gasteiger partial charge in [-0.25, -0.2) is 0 Å². The molecule has 0 saturated heterocycles. The molecule has 0 aliphatic carbocycles.